The molecule has 0 radical (unpaired) electrons. The molecule has 0 fully saturated rings. The van der Waals surface area contributed by atoms with Crippen molar-refractivity contribution in [3.63, 3.8) is 0 Å². The van der Waals surface area contributed by atoms with Gasteiger partial charge in [-0.3, -0.25) is 5.43 Å². The van der Waals surface area contributed by atoms with Gasteiger partial charge >= 0.3 is 0 Å². The van der Waals surface area contributed by atoms with Gasteiger partial charge < -0.3 is 9.90 Å². The highest BCUT2D eigenvalue weighted by atomic mass is 19.1. The maximum atomic E-state index is 13.3. The minimum Gasteiger partial charge on any atom is -0.545 e. The molecule has 0 aliphatic carbocycles. The SMILES string of the molecule is O=C([O-])c1ccc(/C=N\Nc2ccc(F)cc2F)cc1. The van der Waals surface area contributed by atoms with Gasteiger partial charge in [-0.25, -0.2) is 8.78 Å². The summed E-state index contributed by atoms with van der Waals surface area (Å²) in [6, 6.07) is 8.86. The number of hydrazone groups is 1. The smallest absolute Gasteiger partial charge is 0.151 e. The monoisotopic (exact) mass is 275 g/mol. The Morgan fingerprint density at radius 2 is 1.85 bits per heavy atom. The molecule has 0 amide bonds. The minimum atomic E-state index is -1.26. The number of benzene rings is 2. The fourth-order valence-electron chi connectivity index (χ4n) is 1.46. The molecular formula is C14H9F2N2O2-. The average Bonchev–Trinajstić information content (AvgIpc) is 2.42. The van der Waals surface area contributed by atoms with Gasteiger partial charge in [-0.15, -0.1) is 0 Å². The lowest BCUT2D eigenvalue weighted by Crippen LogP contribution is -2.21. The number of nitrogens with zero attached hydrogens (tertiary/aromatic N) is 1. The van der Waals surface area contributed by atoms with E-state index >= 15 is 0 Å². The normalized spacial score (nSPS) is 10.7. The first kappa shape index (κ1) is 13.7. The predicted molar refractivity (Wildman–Crippen MR) is 68.3 cm³/mol. The van der Waals surface area contributed by atoms with Crippen molar-refractivity contribution in [1.82, 2.24) is 0 Å². The first-order valence-corrected chi connectivity index (χ1v) is 5.62. The Balaban J connectivity index is 2.04. The van der Waals surface area contributed by atoms with Gasteiger partial charge in [0.25, 0.3) is 0 Å². The van der Waals surface area contributed by atoms with Crippen LogP contribution in [0.3, 0.4) is 0 Å². The maximum Gasteiger partial charge on any atom is 0.151 e. The number of halogens is 2. The molecule has 0 saturated carbocycles. The van der Waals surface area contributed by atoms with Gasteiger partial charge in [0, 0.05) is 6.07 Å². The number of anilines is 1. The second-order valence-electron chi connectivity index (χ2n) is 3.90. The predicted octanol–water partition coefficient (Wildman–Crippen LogP) is 1.77. The molecule has 2 aromatic carbocycles. The average molecular weight is 275 g/mol. The van der Waals surface area contributed by atoms with Crippen molar-refractivity contribution >= 4 is 17.9 Å². The van der Waals surface area contributed by atoms with Crippen LogP contribution in [0.1, 0.15) is 15.9 Å². The quantitative estimate of drug-likeness (QED) is 0.683. The standard InChI is InChI=1S/C14H10F2N2O2/c15-11-5-6-13(12(16)7-11)18-17-8-9-1-3-10(4-2-9)14(19)20/h1-8,18H,(H,19,20)/p-1/b17-8-. The van der Waals surface area contributed by atoms with Gasteiger partial charge in [0.1, 0.15) is 5.82 Å². The van der Waals surface area contributed by atoms with E-state index < -0.39 is 17.6 Å². The van der Waals surface area contributed by atoms with Crippen LogP contribution in [-0.4, -0.2) is 12.2 Å². The Morgan fingerprint density at radius 3 is 2.45 bits per heavy atom. The van der Waals surface area contributed by atoms with E-state index in [1.807, 2.05) is 0 Å². The number of carboxylic acid groups (broad SMARTS) is 1. The molecule has 6 heteroatoms. The highest BCUT2D eigenvalue weighted by Gasteiger charge is 2.01. The lowest BCUT2D eigenvalue weighted by molar-refractivity contribution is -0.255. The van der Waals surface area contributed by atoms with Crippen LogP contribution in [0.2, 0.25) is 0 Å². The van der Waals surface area contributed by atoms with Gasteiger partial charge in [0.2, 0.25) is 0 Å². The van der Waals surface area contributed by atoms with Gasteiger partial charge in [-0.05, 0) is 23.3 Å². The summed E-state index contributed by atoms with van der Waals surface area (Å²) in [4.78, 5) is 10.5. The number of carbonyl (C=O) groups excluding carboxylic acids is 1. The third-order valence-corrected chi connectivity index (χ3v) is 2.48. The van der Waals surface area contributed by atoms with Crippen LogP contribution in [-0.2, 0) is 0 Å². The Bertz CT molecular complexity index is 655. The Morgan fingerprint density at radius 1 is 1.15 bits per heavy atom. The number of nitrogens with one attached hydrogen (secondary N) is 1. The van der Waals surface area contributed by atoms with Crippen molar-refractivity contribution in [2.45, 2.75) is 0 Å². The Hall–Kier alpha value is -2.76. The van der Waals surface area contributed by atoms with Crippen LogP contribution < -0.4 is 10.5 Å². The van der Waals surface area contributed by atoms with Gasteiger partial charge in [-0.2, -0.15) is 5.10 Å². The second-order valence-corrected chi connectivity index (χ2v) is 3.90. The topological polar surface area (TPSA) is 64.5 Å². The molecule has 2 rings (SSSR count). The van der Waals surface area contributed by atoms with Crippen LogP contribution in [0.25, 0.3) is 0 Å². The molecule has 20 heavy (non-hydrogen) atoms. The van der Waals surface area contributed by atoms with Crippen molar-refractivity contribution < 1.29 is 18.7 Å². The van der Waals surface area contributed by atoms with E-state index in [4.69, 9.17) is 0 Å². The number of rotatable bonds is 4. The van der Waals surface area contributed by atoms with E-state index in [0.29, 0.717) is 5.56 Å². The molecule has 0 aliphatic heterocycles. The molecule has 0 aliphatic rings. The molecule has 102 valence electrons. The summed E-state index contributed by atoms with van der Waals surface area (Å²) in [6.45, 7) is 0. The van der Waals surface area contributed by atoms with E-state index in [0.717, 1.165) is 12.1 Å². The highest BCUT2D eigenvalue weighted by molar-refractivity contribution is 5.87. The maximum absolute atomic E-state index is 13.3. The first-order chi connectivity index (χ1) is 9.56. The van der Waals surface area contributed by atoms with Crippen molar-refractivity contribution in [3.8, 4) is 0 Å². The lowest BCUT2D eigenvalue weighted by atomic mass is 10.1. The molecular weight excluding hydrogens is 266 g/mol. The fourth-order valence-corrected chi connectivity index (χ4v) is 1.46. The summed E-state index contributed by atoms with van der Waals surface area (Å²) in [5.41, 5.74) is 3.13. The molecule has 2 aromatic rings. The second kappa shape index (κ2) is 5.92. The van der Waals surface area contributed by atoms with E-state index in [1.165, 1.54) is 36.5 Å². The van der Waals surface area contributed by atoms with Crippen molar-refractivity contribution in [1.29, 1.82) is 0 Å². The number of aromatic carboxylic acids is 1. The van der Waals surface area contributed by atoms with Gasteiger partial charge in [-0.1, -0.05) is 24.3 Å². The van der Waals surface area contributed by atoms with Crippen LogP contribution in [0, 0.1) is 11.6 Å². The molecule has 0 spiro atoms. The summed E-state index contributed by atoms with van der Waals surface area (Å²) in [5, 5.41) is 14.3. The summed E-state index contributed by atoms with van der Waals surface area (Å²) in [5.74, 6) is -2.69. The zero-order valence-corrected chi connectivity index (χ0v) is 10.1. The molecule has 1 N–H and O–H groups in total. The molecule has 0 bridgehead atoms. The molecule has 0 aromatic heterocycles. The van der Waals surface area contributed by atoms with Gasteiger partial charge in [0.05, 0.1) is 17.9 Å². The summed E-state index contributed by atoms with van der Waals surface area (Å²) in [6.07, 6.45) is 1.38. The van der Waals surface area contributed by atoms with Gasteiger partial charge in [0.15, 0.2) is 5.82 Å². The number of carboxylic acids is 1. The van der Waals surface area contributed by atoms with E-state index in [9.17, 15) is 18.7 Å². The summed E-state index contributed by atoms with van der Waals surface area (Å²) < 4.78 is 25.9. The molecule has 0 saturated heterocycles. The lowest BCUT2D eigenvalue weighted by Gasteiger charge is -2.03. The van der Waals surface area contributed by atoms with Crippen LogP contribution in [0.15, 0.2) is 47.6 Å². The molecule has 0 heterocycles. The number of carbonyl (C=O) groups is 1. The van der Waals surface area contributed by atoms with Crippen molar-refractivity contribution in [2.75, 3.05) is 5.43 Å². The fraction of sp³-hybridized carbons (Fsp3) is 0. The van der Waals surface area contributed by atoms with Crippen LogP contribution >= 0.6 is 0 Å². The van der Waals surface area contributed by atoms with Crippen molar-refractivity contribution in [3.05, 3.63) is 65.2 Å². The van der Waals surface area contributed by atoms with E-state index in [-0.39, 0.29) is 11.3 Å². The number of hydrogen-bond donors (Lipinski definition) is 1. The molecule has 0 atom stereocenters. The number of hydrogen-bond acceptors (Lipinski definition) is 4. The third kappa shape index (κ3) is 3.38. The molecule has 0 unspecified atom stereocenters. The van der Waals surface area contributed by atoms with E-state index in [2.05, 4.69) is 10.5 Å². The minimum absolute atomic E-state index is 0.0361. The third-order valence-electron chi connectivity index (χ3n) is 2.48. The molecule has 4 nitrogen and oxygen atoms in total. The highest BCUT2D eigenvalue weighted by Crippen LogP contribution is 2.14. The largest absolute Gasteiger partial charge is 0.545 e. The first-order valence-electron chi connectivity index (χ1n) is 5.62. The summed E-state index contributed by atoms with van der Waals surface area (Å²) in [7, 11) is 0. The van der Waals surface area contributed by atoms with Crippen LogP contribution in [0.4, 0.5) is 14.5 Å². The van der Waals surface area contributed by atoms with E-state index in [1.54, 1.807) is 0 Å². The Kier molecular flexibility index (Phi) is 4.05. The van der Waals surface area contributed by atoms with Crippen molar-refractivity contribution in [2.24, 2.45) is 5.10 Å². The zero-order chi connectivity index (χ0) is 14.5. The summed E-state index contributed by atoms with van der Waals surface area (Å²) >= 11 is 0. The zero-order valence-electron chi connectivity index (χ0n) is 10.1. The van der Waals surface area contributed by atoms with Crippen LogP contribution in [0.5, 0.6) is 0 Å². The Labute approximate surface area is 113 Å².